The number of carbonyl (C=O) groups excluding carboxylic acids is 2. The molecular weight excluding hydrogens is 566 g/mol. The lowest BCUT2D eigenvalue weighted by Gasteiger charge is -2.14. The lowest BCUT2D eigenvalue weighted by atomic mass is 10.0. The summed E-state index contributed by atoms with van der Waals surface area (Å²) in [7, 11) is 0. The van der Waals surface area contributed by atoms with Crippen molar-refractivity contribution in [2.75, 3.05) is 11.9 Å². The average molecular weight is 582 g/mol. The number of carbonyl (C=O) groups is 3. The van der Waals surface area contributed by atoms with Gasteiger partial charge < -0.3 is 10.4 Å². The highest BCUT2D eigenvalue weighted by atomic mass is 32.2. The lowest BCUT2D eigenvalue weighted by molar-refractivity contribution is -0.140. The fraction of sp³-hybridized carbons (Fsp3) is 0.125. The van der Waals surface area contributed by atoms with Crippen LogP contribution in [0.25, 0.3) is 17.2 Å². The Hall–Kier alpha value is -3.62. The summed E-state index contributed by atoms with van der Waals surface area (Å²) < 4.78 is 53.0. The Bertz CT molecular complexity index is 1490. The van der Waals surface area contributed by atoms with E-state index in [1.165, 1.54) is 40.6 Å². The first-order valence-corrected chi connectivity index (χ1v) is 12.7. The number of amides is 2. The number of pyridine rings is 1. The predicted octanol–water partition coefficient (Wildman–Crippen LogP) is 5.90. The third kappa shape index (κ3) is 6.26. The van der Waals surface area contributed by atoms with Crippen molar-refractivity contribution in [3.05, 3.63) is 74.8 Å². The first kappa shape index (κ1) is 27.4. The minimum absolute atomic E-state index is 0.0177. The average Bonchev–Trinajstić information content (AvgIpc) is 3.41. The summed E-state index contributed by atoms with van der Waals surface area (Å²) in [4.78, 5) is 41.9. The predicted molar refractivity (Wildman–Crippen MR) is 139 cm³/mol. The van der Waals surface area contributed by atoms with E-state index >= 15 is 0 Å². The van der Waals surface area contributed by atoms with E-state index in [1.807, 2.05) is 0 Å². The largest absolute Gasteiger partial charge is 0.477 e. The number of halogens is 4. The SMILES string of the molecule is O=C(CCN1C(=O)/C(=C/c2cc(-c3ccc(F)c(C(F)(F)F)c3)cs2)SC1=S)Nc1ccnc(C(=O)O)c1. The number of thiophene rings is 1. The van der Waals surface area contributed by atoms with Crippen LogP contribution in [0.3, 0.4) is 0 Å². The maximum absolute atomic E-state index is 13.6. The van der Waals surface area contributed by atoms with Crippen LogP contribution in [0.4, 0.5) is 23.2 Å². The molecule has 0 bridgehead atoms. The van der Waals surface area contributed by atoms with E-state index in [2.05, 4.69) is 10.3 Å². The van der Waals surface area contributed by atoms with E-state index in [4.69, 9.17) is 17.3 Å². The van der Waals surface area contributed by atoms with Crippen molar-refractivity contribution >= 4 is 69.2 Å². The van der Waals surface area contributed by atoms with Crippen LogP contribution in [0.5, 0.6) is 0 Å². The van der Waals surface area contributed by atoms with Crippen molar-refractivity contribution in [2.45, 2.75) is 12.6 Å². The van der Waals surface area contributed by atoms with Gasteiger partial charge in [0.1, 0.15) is 15.8 Å². The fourth-order valence-electron chi connectivity index (χ4n) is 3.39. The van der Waals surface area contributed by atoms with Gasteiger partial charge in [0.25, 0.3) is 5.91 Å². The van der Waals surface area contributed by atoms with Crippen molar-refractivity contribution in [1.29, 1.82) is 0 Å². The molecule has 1 aliphatic rings. The molecule has 1 saturated heterocycles. The van der Waals surface area contributed by atoms with Gasteiger partial charge in [-0.05, 0) is 52.9 Å². The second kappa shape index (κ2) is 11.0. The van der Waals surface area contributed by atoms with Crippen LogP contribution < -0.4 is 5.32 Å². The Morgan fingerprint density at radius 2 is 1.92 bits per heavy atom. The number of anilines is 1. The minimum Gasteiger partial charge on any atom is -0.477 e. The molecule has 38 heavy (non-hydrogen) atoms. The van der Waals surface area contributed by atoms with Gasteiger partial charge in [-0.3, -0.25) is 14.5 Å². The zero-order valence-corrected chi connectivity index (χ0v) is 21.4. The molecule has 0 aliphatic carbocycles. The molecule has 1 aliphatic heterocycles. The Morgan fingerprint density at radius 1 is 1.16 bits per heavy atom. The van der Waals surface area contributed by atoms with E-state index in [0.717, 1.165) is 23.9 Å². The molecule has 0 saturated carbocycles. The summed E-state index contributed by atoms with van der Waals surface area (Å²) in [6.45, 7) is -0.0177. The number of nitrogens with zero attached hydrogens (tertiary/aromatic N) is 2. The van der Waals surface area contributed by atoms with E-state index in [1.54, 1.807) is 17.5 Å². The number of carboxylic acids is 1. The lowest BCUT2D eigenvalue weighted by Crippen LogP contribution is -2.31. The fourth-order valence-corrected chi connectivity index (χ4v) is 5.61. The summed E-state index contributed by atoms with van der Waals surface area (Å²) in [6.07, 6.45) is -2.15. The van der Waals surface area contributed by atoms with Crippen LogP contribution in [0.2, 0.25) is 0 Å². The molecule has 3 aromatic rings. The topological polar surface area (TPSA) is 99.6 Å². The molecule has 1 aromatic carbocycles. The molecule has 3 heterocycles. The summed E-state index contributed by atoms with van der Waals surface area (Å²) in [5, 5.41) is 13.1. The number of thiocarbonyl (C=S) groups is 1. The Morgan fingerprint density at radius 3 is 2.63 bits per heavy atom. The summed E-state index contributed by atoms with van der Waals surface area (Å²) in [6, 6.07) is 6.95. The molecule has 196 valence electrons. The number of rotatable bonds is 7. The molecule has 2 aromatic heterocycles. The molecular formula is C24H15F4N3O4S3. The minimum atomic E-state index is -4.83. The second-order valence-electron chi connectivity index (χ2n) is 7.80. The van der Waals surface area contributed by atoms with Crippen molar-refractivity contribution in [3.8, 4) is 11.1 Å². The normalized spacial score (nSPS) is 14.8. The van der Waals surface area contributed by atoms with Gasteiger partial charge in [0.15, 0.2) is 0 Å². The van der Waals surface area contributed by atoms with Crippen LogP contribution in [-0.2, 0) is 15.8 Å². The molecule has 14 heteroatoms. The maximum Gasteiger partial charge on any atom is 0.419 e. The highest BCUT2D eigenvalue weighted by Gasteiger charge is 2.34. The first-order chi connectivity index (χ1) is 17.9. The summed E-state index contributed by atoms with van der Waals surface area (Å²) >= 11 is 7.47. The molecule has 0 atom stereocenters. The quantitative estimate of drug-likeness (QED) is 0.204. The monoisotopic (exact) mass is 581 g/mol. The van der Waals surface area contributed by atoms with Crippen LogP contribution >= 0.6 is 35.3 Å². The van der Waals surface area contributed by atoms with Crippen LogP contribution in [0.15, 0.2) is 52.9 Å². The number of aromatic nitrogens is 1. The van der Waals surface area contributed by atoms with Crippen molar-refractivity contribution < 1.29 is 37.1 Å². The molecule has 4 rings (SSSR count). The van der Waals surface area contributed by atoms with Crippen LogP contribution in [-0.4, -0.2) is 43.6 Å². The number of carboxylic acid groups (broad SMARTS) is 1. The molecule has 0 spiro atoms. The van der Waals surface area contributed by atoms with Gasteiger partial charge >= 0.3 is 12.1 Å². The molecule has 2 N–H and O–H groups in total. The van der Waals surface area contributed by atoms with Gasteiger partial charge in [0.2, 0.25) is 5.91 Å². The number of nitrogens with one attached hydrogen (secondary N) is 1. The first-order valence-electron chi connectivity index (χ1n) is 10.6. The summed E-state index contributed by atoms with van der Waals surface area (Å²) in [5.74, 6) is -3.50. The number of hydrogen-bond acceptors (Lipinski definition) is 7. The number of hydrogen-bond donors (Lipinski definition) is 2. The van der Waals surface area contributed by atoms with Gasteiger partial charge in [0, 0.05) is 29.7 Å². The Balaban J connectivity index is 1.41. The summed E-state index contributed by atoms with van der Waals surface area (Å²) in [5.41, 5.74) is -0.746. The Kier molecular flexibility index (Phi) is 7.94. The van der Waals surface area contributed by atoms with Gasteiger partial charge in [-0.2, -0.15) is 13.2 Å². The van der Waals surface area contributed by atoms with E-state index in [0.29, 0.717) is 10.4 Å². The third-order valence-corrected chi connectivity index (χ3v) is 7.45. The van der Waals surface area contributed by atoms with Gasteiger partial charge in [-0.1, -0.05) is 30.0 Å². The third-order valence-electron chi connectivity index (χ3n) is 5.20. The van der Waals surface area contributed by atoms with Crippen molar-refractivity contribution in [1.82, 2.24) is 9.88 Å². The van der Waals surface area contributed by atoms with Crippen LogP contribution in [0.1, 0.15) is 27.3 Å². The molecule has 0 radical (unpaired) electrons. The standard InChI is InChI=1S/C24H15F4N3O4S3/c25-17-2-1-12(8-16(17)24(26,27)28)13-7-15(37-11-13)10-19-21(33)31(23(36)38-19)6-4-20(32)30-14-3-5-29-18(9-14)22(34)35/h1-3,5,7-11H,4,6H2,(H,34,35)(H,29,30,32)/b19-10-. The van der Waals surface area contributed by atoms with E-state index in [9.17, 15) is 31.9 Å². The smallest absolute Gasteiger partial charge is 0.419 e. The highest BCUT2D eigenvalue weighted by molar-refractivity contribution is 8.26. The molecule has 0 unspecified atom stereocenters. The van der Waals surface area contributed by atoms with Crippen molar-refractivity contribution in [3.63, 3.8) is 0 Å². The number of thioether (sulfide) groups is 1. The van der Waals surface area contributed by atoms with Crippen LogP contribution in [0, 0.1) is 5.82 Å². The van der Waals surface area contributed by atoms with Gasteiger partial charge in [-0.25, -0.2) is 14.2 Å². The zero-order valence-electron chi connectivity index (χ0n) is 18.9. The number of alkyl halides is 3. The maximum atomic E-state index is 13.6. The highest BCUT2D eigenvalue weighted by Crippen LogP contribution is 2.37. The Labute approximate surface area is 226 Å². The number of benzene rings is 1. The van der Waals surface area contributed by atoms with E-state index in [-0.39, 0.29) is 39.1 Å². The number of aromatic carboxylic acids is 1. The van der Waals surface area contributed by atoms with Gasteiger partial charge in [-0.15, -0.1) is 11.3 Å². The molecule has 1 fully saturated rings. The van der Waals surface area contributed by atoms with E-state index < -0.39 is 35.3 Å². The second-order valence-corrected chi connectivity index (χ2v) is 10.4. The molecule has 7 nitrogen and oxygen atoms in total. The molecule has 2 amide bonds. The zero-order chi connectivity index (χ0) is 27.6. The van der Waals surface area contributed by atoms with Gasteiger partial charge in [0.05, 0.1) is 10.5 Å². The van der Waals surface area contributed by atoms with Crippen molar-refractivity contribution in [2.24, 2.45) is 0 Å².